The molecule has 1 aromatic carbocycles. The van der Waals surface area contributed by atoms with E-state index in [9.17, 15) is 4.79 Å². The maximum absolute atomic E-state index is 12.4. The second kappa shape index (κ2) is 6.96. The number of fused-ring (bicyclic) bond motifs is 1. The molecule has 0 saturated heterocycles. The highest BCUT2D eigenvalue weighted by molar-refractivity contribution is 7.13. The van der Waals surface area contributed by atoms with Crippen molar-refractivity contribution >= 4 is 28.1 Å². The Labute approximate surface area is 140 Å². The van der Waals surface area contributed by atoms with Crippen LogP contribution in [0, 0.1) is 6.92 Å². The molecule has 0 spiro atoms. The fourth-order valence-electron chi connectivity index (χ4n) is 2.78. The van der Waals surface area contributed by atoms with Gasteiger partial charge in [0.1, 0.15) is 4.88 Å². The number of para-hydroxylation sites is 1. The predicted molar refractivity (Wildman–Crippen MR) is 95.2 cm³/mol. The summed E-state index contributed by atoms with van der Waals surface area (Å²) in [5.74, 6) is -0.00103. The van der Waals surface area contributed by atoms with Crippen LogP contribution in [0.3, 0.4) is 0 Å². The largest absolute Gasteiger partial charge is 0.361 e. The van der Waals surface area contributed by atoms with Crippen molar-refractivity contribution in [1.82, 2.24) is 15.3 Å². The summed E-state index contributed by atoms with van der Waals surface area (Å²) in [6, 6.07) is 8.23. The number of aryl methyl sites for hydroxylation is 2. The van der Waals surface area contributed by atoms with Crippen LogP contribution in [0.25, 0.3) is 10.9 Å². The SMILES string of the molecule is CCCc1nc(C)sc1C(=O)NCCc1c[nH]c2ccccc12. The maximum atomic E-state index is 12.4. The van der Waals surface area contributed by atoms with Gasteiger partial charge in [0.2, 0.25) is 0 Å². The number of rotatable bonds is 6. The van der Waals surface area contributed by atoms with Gasteiger partial charge in [0.05, 0.1) is 10.7 Å². The summed E-state index contributed by atoms with van der Waals surface area (Å²) in [4.78, 5) is 20.9. The lowest BCUT2D eigenvalue weighted by atomic mass is 10.1. The third-order valence-electron chi connectivity index (χ3n) is 3.85. The standard InChI is InChI=1S/C18H21N3OS/c1-3-6-16-17(23-12(2)21-16)18(22)19-10-9-13-11-20-15-8-5-4-7-14(13)15/h4-5,7-8,11,20H,3,6,9-10H2,1-2H3,(H,19,22). The zero-order chi connectivity index (χ0) is 16.2. The van der Waals surface area contributed by atoms with Crippen LogP contribution in [0.4, 0.5) is 0 Å². The number of hydrogen-bond donors (Lipinski definition) is 2. The van der Waals surface area contributed by atoms with E-state index in [1.807, 2.05) is 25.3 Å². The lowest BCUT2D eigenvalue weighted by molar-refractivity contribution is 0.0957. The number of aromatic amines is 1. The molecule has 23 heavy (non-hydrogen) atoms. The number of carbonyl (C=O) groups excluding carboxylic acids is 1. The molecule has 0 fully saturated rings. The Kier molecular flexibility index (Phi) is 4.76. The number of nitrogens with one attached hydrogen (secondary N) is 2. The lowest BCUT2D eigenvalue weighted by Gasteiger charge is -2.04. The maximum Gasteiger partial charge on any atom is 0.263 e. The molecule has 120 valence electrons. The van der Waals surface area contributed by atoms with Gasteiger partial charge < -0.3 is 10.3 Å². The molecule has 0 radical (unpaired) electrons. The molecule has 4 nitrogen and oxygen atoms in total. The third-order valence-corrected chi connectivity index (χ3v) is 4.86. The van der Waals surface area contributed by atoms with E-state index in [2.05, 4.69) is 34.3 Å². The summed E-state index contributed by atoms with van der Waals surface area (Å²) in [7, 11) is 0. The first-order valence-corrected chi connectivity index (χ1v) is 8.80. The average molecular weight is 327 g/mol. The zero-order valence-corrected chi connectivity index (χ0v) is 14.3. The van der Waals surface area contributed by atoms with E-state index < -0.39 is 0 Å². The Morgan fingerprint density at radius 3 is 2.96 bits per heavy atom. The number of amides is 1. The number of H-pyrrole nitrogens is 1. The van der Waals surface area contributed by atoms with Crippen molar-refractivity contribution in [3.8, 4) is 0 Å². The quantitative estimate of drug-likeness (QED) is 0.722. The zero-order valence-electron chi connectivity index (χ0n) is 13.5. The van der Waals surface area contributed by atoms with Crippen molar-refractivity contribution in [2.75, 3.05) is 6.54 Å². The second-order valence-electron chi connectivity index (χ2n) is 5.62. The van der Waals surface area contributed by atoms with Crippen molar-refractivity contribution < 1.29 is 4.79 Å². The molecular formula is C18H21N3OS. The predicted octanol–water partition coefficient (Wildman–Crippen LogP) is 3.86. The Balaban J connectivity index is 1.63. The van der Waals surface area contributed by atoms with Gasteiger partial charge in [0.25, 0.3) is 5.91 Å². The molecule has 0 bridgehead atoms. The molecule has 0 aliphatic carbocycles. The van der Waals surface area contributed by atoms with Crippen LogP contribution in [-0.2, 0) is 12.8 Å². The van der Waals surface area contributed by atoms with Crippen LogP contribution < -0.4 is 5.32 Å². The van der Waals surface area contributed by atoms with Crippen LogP contribution in [0.2, 0.25) is 0 Å². The lowest BCUT2D eigenvalue weighted by Crippen LogP contribution is -2.25. The average Bonchev–Trinajstić information content (AvgIpc) is 3.12. The van der Waals surface area contributed by atoms with Gasteiger partial charge >= 0.3 is 0 Å². The number of nitrogens with zero attached hydrogens (tertiary/aromatic N) is 1. The number of thiazole rings is 1. The highest BCUT2D eigenvalue weighted by Gasteiger charge is 2.15. The van der Waals surface area contributed by atoms with Crippen molar-refractivity contribution in [3.05, 3.63) is 51.6 Å². The van der Waals surface area contributed by atoms with Gasteiger partial charge in [0, 0.05) is 23.6 Å². The molecular weight excluding hydrogens is 306 g/mol. The highest BCUT2D eigenvalue weighted by atomic mass is 32.1. The molecule has 2 N–H and O–H groups in total. The Bertz CT molecular complexity index is 819. The number of aromatic nitrogens is 2. The number of benzene rings is 1. The summed E-state index contributed by atoms with van der Waals surface area (Å²) >= 11 is 1.48. The van der Waals surface area contributed by atoms with Gasteiger partial charge in [-0.1, -0.05) is 31.5 Å². The molecule has 0 unspecified atom stereocenters. The Morgan fingerprint density at radius 1 is 1.30 bits per heavy atom. The summed E-state index contributed by atoms with van der Waals surface area (Å²) in [5.41, 5.74) is 3.30. The fourth-order valence-corrected chi connectivity index (χ4v) is 3.66. The first-order chi connectivity index (χ1) is 11.2. The van der Waals surface area contributed by atoms with E-state index >= 15 is 0 Å². The van der Waals surface area contributed by atoms with Crippen LogP contribution in [0.1, 0.15) is 39.3 Å². The first-order valence-electron chi connectivity index (χ1n) is 7.98. The van der Waals surface area contributed by atoms with Crippen LogP contribution >= 0.6 is 11.3 Å². The van der Waals surface area contributed by atoms with Crippen molar-refractivity contribution in [2.45, 2.75) is 33.1 Å². The Hall–Kier alpha value is -2.14. The molecule has 2 aromatic heterocycles. The highest BCUT2D eigenvalue weighted by Crippen LogP contribution is 2.20. The van der Waals surface area contributed by atoms with Gasteiger partial charge in [0.15, 0.2) is 0 Å². The summed E-state index contributed by atoms with van der Waals surface area (Å²) < 4.78 is 0. The van der Waals surface area contributed by atoms with E-state index in [1.165, 1.54) is 22.3 Å². The molecule has 0 saturated carbocycles. The van der Waals surface area contributed by atoms with Gasteiger partial charge in [-0.25, -0.2) is 4.98 Å². The topological polar surface area (TPSA) is 57.8 Å². The molecule has 3 rings (SSSR count). The first kappa shape index (κ1) is 15.7. The van der Waals surface area contributed by atoms with Crippen molar-refractivity contribution in [2.24, 2.45) is 0 Å². The van der Waals surface area contributed by atoms with Gasteiger partial charge in [-0.15, -0.1) is 11.3 Å². The van der Waals surface area contributed by atoms with Crippen molar-refractivity contribution in [1.29, 1.82) is 0 Å². The number of hydrogen-bond acceptors (Lipinski definition) is 3. The van der Waals surface area contributed by atoms with Crippen LogP contribution in [0.5, 0.6) is 0 Å². The fraction of sp³-hybridized carbons (Fsp3) is 0.333. The molecule has 0 aliphatic rings. The minimum absolute atomic E-state index is 0.00103. The van der Waals surface area contributed by atoms with Gasteiger partial charge in [-0.05, 0) is 31.4 Å². The minimum atomic E-state index is -0.00103. The van der Waals surface area contributed by atoms with E-state index in [1.54, 1.807) is 0 Å². The normalized spacial score (nSPS) is 11.0. The monoisotopic (exact) mass is 327 g/mol. The number of carbonyl (C=O) groups is 1. The Morgan fingerprint density at radius 2 is 2.13 bits per heavy atom. The molecule has 3 aromatic rings. The molecule has 0 atom stereocenters. The molecule has 5 heteroatoms. The summed E-state index contributed by atoms with van der Waals surface area (Å²) in [6.07, 6.45) is 4.70. The molecule has 0 aliphatic heterocycles. The van der Waals surface area contributed by atoms with E-state index in [0.29, 0.717) is 6.54 Å². The minimum Gasteiger partial charge on any atom is -0.361 e. The van der Waals surface area contributed by atoms with Crippen LogP contribution in [0.15, 0.2) is 30.5 Å². The third kappa shape index (κ3) is 3.45. The van der Waals surface area contributed by atoms with Crippen LogP contribution in [-0.4, -0.2) is 22.4 Å². The van der Waals surface area contributed by atoms with E-state index in [4.69, 9.17) is 0 Å². The molecule has 2 heterocycles. The smallest absolute Gasteiger partial charge is 0.263 e. The summed E-state index contributed by atoms with van der Waals surface area (Å²) in [6.45, 7) is 4.68. The summed E-state index contributed by atoms with van der Waals surface area (Å²) in [5, 5.41) is 5.21. The van der Waals surface area contributed by atoms with E-state index in [-0.39, 0.29) is 5.91 Å². The second-order valence-corrected chi connectivity index (χ2v) is 6.83. The molecule has 1 amide bonds. The van der Waals surface area contributed by atoms with Gasteiger partial charge in [-0.2, -0.15) is 0 Å². The van der Waals surface area contributed by atoms with Crippen molar-refractivity contribution in [3.63, 3.8) is 0 Å². The van der Waals surface area contributed by atoms with E-state index in [0.717, 1.165) is 40.4 Å². The van der Waals surface area contributed by atoms with Gasteiger partial charge in [-0.3, -0.25) is 4.79 Å².